The topological polar surface area (TPSA) is 78.5 Å². The van der Waals surface area contributed by atoms with E-state index in [0.29, 0.717) is 17.1 Å². The molecule has 0 spiro atoms. The monoisotopic (exact) mass is 347 g/mol. The summed E-state index contributed by atoms with van der Waals surface area (Å²) in [5, 5.41) is 3.20. The number of hydrogen-bond acceptors (Lipinski definition) is 3. The summed E-state index contributed by atoms with van der Waals surface area (Å²) in [6.45, 7) is 2.82. The first-order chi connectivity index (χ1) is 10.4. The number of rotatable bonds is 9. The van der Waals surface area contributed by atoms with Crippen LogP contribution in [0.3, 0.4) is 0 Å². The molecule has 0 aliphatic carbocycles. The predicted octanol–water partition coefficient (Wildman–Crippen LogP) is 1.64. The van der Waals surface area contributed by atoms with Gasteiger partial charge in [-0.25, -0.2) is 4.72 Å². The molecular weight excluding hydrogens is 326 g/mol. The zero-order valence-corrected chi connectivity index (χ0v) is 14.4. The Labute approximate surface area is 137 Å². The lowest BCUT2D eigenvalue weighted by atomic mass is 10.2. The summed E-state index contributed by atoms with van der Waals surface area (Å²) in [4.78, 5) is 11.8. The molecule has 0 atom stereocenters. The third-order valence-corrected chi connectivity index (χ3v) is 4.86. The van der Waals surface area contributed by atoms with Gasteiger partial charge in [-0.1, -0.05) is 24.9 Å². The van der Waals surface area contributed by atoms with Crippen LogP contribution >= 0.6 is 11.6 Å². The molecule has 1 rings (SSSR count). The van der Waals surface area contributed by atoms with Crippen molar-refractivity contribution in [1.29, 1.82) is 0 Å². The van der Waals surface area contributed by atoms with Crippen LogP contribution in [0.1, 0.15) is 30.1 Å². The van der Waals surface area contributed by atoms with Crippen molar-refractivity contribution < 1.29 is 13.2 Å². The average molecular weight is 348 g/mol. The molecule has 6 nitrogen and oxygen atoms in total. The molecule has 0 radical (unpaired) electrons. The minimum Gasteiger partial charge on any atom is -0.351 e. The summed E-state index contributed by atoms with van der Waals surface area (Å²) >= 11 is 5.75. The van der Waals surface area contributed by atoms with E-state index in [1.54, 1.807) is 24.3 Å². The maximum atomic E-state index is 11.9. The molecule has 0 aromatic heterocycles. The zero-order chi connectivity index (χ0) is 16.6. The van der Waals surface area contributed by atoms with Gasteiger partial charge in [-0.3, -0.25) is 4.79 Å². The molecule has 1 amide bonds. The SMILES string of the molecule is CCCCN(C)S(=O)(=O)NCCNC(=O)c1ccc(Cl)cc1. The number of hydrogen-bond donors (Lipinski definition) is 2. The van der Waals surface area contributed by atoms with E-state index in [9.17, 15) is 13.2 Å². The standard InChI is InChI=1S/C14H22ClN3O3S/c1-3-4-11-18(2)22(20,21)17-10-9-16-14(19)12-5-7-13(15)8-6-12/h5-8,17H,3-4,9-11H2,1-2H3,(H,16,19). The zero-order valence-electron chi connectivity index (χ0n) is 12.8. The van der Waals surface area contributed by atoms with Crippen LogP contribution in [0.5, 0.6) is 0 Å². The molecule has 0 heterocycles. The molecule has 0 saturated heterocycles. The van der Waals surface area contributed by atoms with E-state index in [0.717, 1.165) is 12.8 Å². The van der Waals surface area contributed by atoms with Gasteiger partial charge in [0.1, 0.15) is 0 Å². The van der Waals surface area contributed by atoms with Gasteiger partial charge >= 0.3 is 0 Å². The minimum atomic E-state index is -3.49. The Hall–Kier alpha value is -1.15. The highest BCUT2D eigenvalue weighted by Crippen LogP contribution is 2.09. The molecule has 0 fully saturated rings. The van der Waals surface area contributed by atoms with Gasteiger partial charge in [-0.15, -0.1) is 0 Å². The van der Waals surface area contributed by atoms with Gasteiger partial charge in [0.25, 0.3) is 16.1 Å². The summed E-state index contributed by atoms with van der Waals surface area (Å²) in [6, 6.07) is 6.48. The Kier molecular flexibility index (Phi) is 7.81. The molecule has 0 bridgehead atoms. The van der Waals surface area contributed by atoms with Crippen molar-refractivity contribution >= 4 is 27.7 Å². The Morgan fingerprint density at radius 2 is 1.86 bits per heavy atom. The van der Waals surface area contributed by atoms with Crippen LogP contribution in [-0.4, -0.2) is 45.3 Å². The molecule has 124 valence electrons. The van der Waals surface area contributed by atoms with Crippen molar-refractivity contribution in [3.05, 3.63) is 34.9 Å². The molecule has 8 heteroatoms. The van der Waals surface area contributed by atoms with Crippen molar-refractivity contribution in [1.82, 2.24) is 14.3 Å². The number of amides is 1. The third-order valence-electron chi connectivity index (χ3n) is 3.04. The molecular formula is C14H22ClN3O3S. The lowest BCUT2D eigenvalue weighted by Crippen LogP contribution is -2.42. The number of carbonyl (C=O) groups excluding carboxylic acids is 1. The number of nitrogens with zero attached hydrogens (tertiary/aromatic N) is 1. The van der Waals surface area contributed by atoms with Crippen molar-refractivity contribution in [2.75, 3.05) is 26.7 Å². The Balaban J connectivity index is 2.35. The van der Waals surface area contributed by atoms with Crippen LogP contribution in [0.4, 0.5) is 0 Å². The first-order valence-corrected chi connectivity index (χ1v) is 8.93. The molecule has 0 unspecified atom stereocenters. The van der Waals surface area contributed by atoms with Crippen LogP contribution in [0.25, 0.3) is 0 Å². The number of halogens is 1. The second-order valence-electron chi connectivity index (χ2n) is 4.84. The number of benzene rings is 1. The molecule has 1 aromatic rings. The number of nitrogens with one attached hydrogen (secondary N) is 2. The first kappa shape index (κ1) is 18.9. The highest BCUT2D eigenvalue weighted by Gasteiger charge is 2.15. The summed E-state index contributed by atoms with van der Waals surface area (Å²) < 4.78 is 27.5. The van der Waals surface area contributed by atoms with Gasteiger partial charge in [0.2, 0.25) is 0 Å². The van der Waals surface area contributed by atoms with Crippen molar-refractivity contribution in [3.63, 3.8) is 0 Å². The molecule has 0 aliphatic heterocycles. The molecule has 2 N–H and O–H groups in total. The van der Waals surface area contributed by atoms with Crippen LogP contribution in [-0.2, 0) is 10.2 Å². The second kappa shape index (κ2) is 9.09. The van der Waals surface area contributed by atoms with Crippen LogP contribution in [0.15, 0.2) is 24.3 Å². The van der Waals surface area contributed by atoms with E-state index in [1.807, 2.05) is 6.92 Å². The van der Waals surface area contributed by atoms with Crippen LogP contribution in [0, 0.1) is 0 Å². The van der Waals surface area contributed by atoms with E-state index < -0.39 is 10.2 Å². The fraction of sp³-hybridized carbons (Fsp3) is 0.500. The van der Waals surface area contributed by atoms with Crippen molar-refractivity contribution in [3.8, 4) is 0 Å². The lowest BCUT2D eigenvalue weighted by molar-refractivity contribution is 0.0954. The molecule has 1 aromatic carbocycles. The van der Waals surface area contributed by atoms with E-state index in [2.05, 4.69) is 10.0 Å². The third kappa shape index (κ3) is 6.31. The van der Waals surface area contributed by atoms with E-state index >= 15 is 0 Å². The summed E-state index contributed by atoms with van der Waals surface area (Å²) in [5.74, 6) is -0.268. The fourth-order valence-electron chi connectivity index (χ4n) is 1.67. The fourth-order valence-corrected chi connectivity index (χ4v) is 2.75. The molecule has 22 heavy (non-hydrogen) atoms. The Morgan fingerprint density at radius 3 is 2.45 bits per heavy atom. The van der Waals surface area contributed by atoms with Gasteiger partial charge in [0.05, 0.1) is 0 Å². The largest absolute Gasteiger partial charge is 0.351 e. The summed E-state index contributed by atoms with van der Waals surface area (Å²) in [6.07, 6.45) is 1.74. The van der Waals surface area contributed by atoms with Crippen LogP contribution < -0.4 is 10.0 Å². The normalized spacial score (nSPS) is 11.6. The van der Waals surface area contributed by atoms with Crippen LogP contribution in [0.2, 0.25) is 5.02 Å². The Morgan fingerprint density at radius 1 is 1.23 bits per heavy atom. The molecule has 0 aliphatic rings. The number of unbranched alkanes of at least 4 members (excludes halogenated alkanes) is 1. The maximum Gasteiger partial charge on any atom is 0.279 e. The summed E-state index contributed by atoms with van der Waals surface area (Å²) in [7, 11) is -1.95. The second-order valence-corrected chi connectivity index (χ2v) is 7.14. The predicted molar refractivity (Wildman–Crippen MR) is 88.2 cm³/mol. The quantitative estimate of drug-likeness (QED) is 0.666. The van der Waals surface area contributed by atoms with E-state index in [4.69, 9.17) is 11.6 Å². The molecule has 0 saturated carbocycles. The maximum absolute atomic E-state index is 11.9. The van der Waals surface area contributed by atoms with Crippen molar-refractivity contribution in [2.24, 2.45) is 0 Å². The van der Waals surface area contributed by atoms with Gasteiger partial charge in [0, 0.05) is 37.3 Å². The van der Waals surface area contributed by atoms with E-state index in [-0.39, 0.29) is 19.0 Å². The van der Waals surface area contributed by atoms with Crippen molar-refractivity contribution in [2.45, 2.75) is 19.8 Å². The van der Waals surface area contributed by atoms with Gasteiger partial charge in [-0.05, 0) is 30.7 Å². The smallest absolute Gasteiger partial charge is 0.279 e. The first-order valence-electron chi connectivity index (χ1n) is 7.11. The average Bonchev–Trinajstić information content (AvgIpc) is 2.49. The van der Waals surface area contributed by atoms with E-state index in [1.165, 1.54) is 11.4 Å². The summed E-state index contributed by atoms with van der Waals surface area (Å²) in [5.41, 5.74) is 0.479. The van der Waals surface area contributed by atoms with Gasteiger partial charge in [0.15, 0.2) is 0 Å². The Bertz CT molecular complexity index is 576. The lowest BCUT2D eigenvalue weighted by Gasteiger charge is -2.17. The highest BCUT2D eigenvalue weighted by molar-refractivity contribution is 7.87. The van der Waals surface area contributed by atoms with Gasteiger partial charge < -0.3 is 5.32 Å². The highest BCUT2D eigenvalue weighted by atomic mass is 35.5. The number of carbonyl (C=O) groups is 1. The van der Waals surface area contributed by atoms with Gasteiger partial charge in [-0.2, -0.15) is 12.7 Å². The minimum absolute atomic E-state index is 0.137.